The third kappa shape index (κ3) is 2.91. The lowest BCUT2D eigenvalue weighted by atomic mass is 9.97. The van der Waals surface area contributed by atoms with Gasteiger partial charge in [0.1, 0.15) is 5.75 Å². The number of ether oxygens (including phenoxy) is 1. The molecular weight excluding hydrogens is 248 g/mol. The van der Waals surface area contributed by atoms with Gasteiger partial charge in [-0.05, 0) is 49.3 Å². The molecule has 0 saturated carbocycles. The molecule has 1 heterocycles. The largest absolute Gasteiger partial charge is 0.544 e. The Morgan fingerprint density at radius 3 is 2.78 bits per heavy atom. The van der Waals surface area contributed by atoms with E-state index in [9.17, 15) is 4.79 Å². The first-order valence-electron chi connectivity index (χ1n) is 6.03. The number of rotatable bonds is 3. The molecule has 4 nitrogen and oxygen atoms in total. The molecule has 1 N–H and O–H groups in total. The molecule has 1 aromatic carbocycles. The zero-order chi connectivity index (χ0) is 13.3. The van der Waals surface area contributed by atoms with Crippen LogP contribution in [-0.2, 0) is 16.0 Å². The normalized spacial score (nSPS) is 19.2. The van der Waals surface area contributed by atoms with Crippen molar-refractivity contribution < 1.29 is 19.1 Å². The summed E-state index contributed by atoms with van der Waals surface area (Å²) < 4.78 is 11.2. The van der Waals surface area contributed by atoms with Gasteiger partial charge in [-0.15, -0.1) is 0 Å². The smallest absolute Gasteiger partial charge is 0.337 e. The Bertz CT molecular complexity index is 465. The molecule has 98 valence electrons. The van der Waals surface area contributed by atoms with Gasteiger partial charge in [0.05, 0.1) is 6.61 Å². The topological polar surface area (TPSA) is 55.8 Å². The first-order chi connectivity index (χ1) is 8.37. The SMILES string of the molecule is C[Si](C)(C)Oc1ccc2c(c1)CCOC2C(=O)O. The van der Waals surface area contributed by atoms with E-state index < -0.39 is 20.4 Å². The minimum Gasteiger partial charge on any atom is -0.544 e. The fourth-order valence-electron chi connectivity index (χ4n) is 2.05. The van der Waals surface area contributed by atoms with E-state index in [1.165, 1.54) is 0 Å². The van der Waals surface area contributed by atoms with Gasteiger partial charge in [0.25, 0.3) is 0 Å². The Morgan fingerprint density at radius 1 is 1.44 bits per heavy atom. The molecule has 1 aromatic rings. The number of fused-ring (bicyclic) bond motifs is 1. The molecule has 1 aliphatic heterocycles. The summed E-state index contributed by atoms with van der Waals surface area (Å²) in [6, 6.07) is 5.59. The van der Waals surface area contributed by atoms with E-state index in [0.717, 1.165) is 23.3 Å². The van der Waals surface area contributed by atoms with Crippen molar-refractivity contribution in [3.63, 3.8) is 0 Å². The highest BCUT2D eigenvalue weighted by Gasteiger charge is 2.27. The van der Waals surface area contributed by atoms with E-state index in [-0.39, 0.29) is 0 Å². The van der Waals surface area contributed by atoms with Crippen LogP contribution in [0.2, 0.25) is 19.6 Å². The minimum absolute atomic E-state index is 0.445. The van der Waals surface area contributed by atoms with Crippen LogP contribution in [0.5, 0.6) is 5.75 Å². The maximum atomic E-state index is 11.1. The average Bonchev–Trinajstić information content (AvgIpc) is 2.25. The minimum atomic E-state index is -1.63. The monoisotopic (exact) mass is 266 g/mol. The first kappa shape index (κ1) is 13.1. The van der Waals surface area contributed by atoms with Crippen LogP contribution in [-0.4, -0.2) is 26.0 Å². The number of aliphatic carboxylic acids is 1. The Hall–Kier alpha value is -1.33. The van der Waals surface area contributed by atoms with Crippen LogP contribution in [0.3, 0.4) is 0 Å². The van der Waals surface area contributed by atoms with Crippen LogP contribution in [0.15, 0.2) is 18.2 Å². The molecule has 0 aliphatic carbocycles. The molecule has 0 spiro atoms. The number of carboxylic acids is 1. The van der Waals surface area contributed by atoms with Crippen LogP contribution in [0.1, 0.15) is 17.2 Å². The molecule has 2 rings (SSSR count). The molecule has 1 atom stereocenters. The molecule has 18 heavy (non-hydrogen) atoms. The predicted octanol–water partition coefficient (Wildman–Crippen LogP) is 2.60. The molecule has 1 aliphatic rings. The first-order valence-corrected chi connectivity index (χ1v) is 9.44. The van der Waals surface area contributed by atoms with Crippen LogP contribution < -0.4 is 4.43 Å². The van der Waals surface area contributed by atoms with E-state index in [1.807, 2.05) is 18.2 Å². The van der Waals surface area contributed by atoms with Crippen molar-refractivity contribution in [1.82, 2.24) is 0 Å². The Labute approximate surface area is 108 Å². The van der Waals surface area contributed by atoms with Crippen molar-refractivity contribution in [1.29, 1.82) is 0 Å². The summed E-state index contributed by atoms with van der Waals surface area (Å²) in [4.78, 5) is 11.1. The lowest BCUT2D eigenvalue weighted by Gasteiger charge is -2.25. The molecular formula is C13H18O4Si. The summed E-state index contributed by atoms with van der Waals surface area (Å²) in [6.45, 7) is 6.81. The highest BCUT2D eigenvalue weighted by atomic mass is 28.4. The predicted molar refractivity (Wildman–Crippen MR) is 70.4 cm³/mol. The summed E-state index contributed by atoms with van der Waals surface area (Å²) in [6.07, 6.45) is -0.100. The lowest BCUT2D eigenvalue weighted by Crippen LogP contribution is -2.29. The lowest BCUT2D eigenvalue weighted by molar-refractivity contribution is -0.151. The third-order valence-electron chi connectivity index (χ3n) is 2.70. The van der Waals surface area contributed by atoms with E-state index in [4.69, 9.17) is 14.3 Å². The molecule has 1 unspecified atom stereocenters. The zero-order valence-electron chi connectivity index (χ0n) is 10.9. The summed E-state index contributed by atoms with van der Waals surface area (Å²) >= 11 is 0. The molecule has 0 saturated heterocycles. The summed E-state index contributed by atoms with van der Waals surface area (Å²) in [5, 5.41) is 9.09. The molecule has 0 aromatic heterocycles. The number of hydrogen-bond donors (Lipinski definition) is 1. The van der Waals surface area contributed by atoms with Gasteiger partial charge in [-0.2, -0.15) is 0 Å². The second-order valence-electron chi connectivity index (χ2n) is 5.41. The van der Waals surface area contributed by atoms with Crippen LogP contribution in [0.25, 0.3) is 0 Å². The Balaban J connectivity index is 2.30. The number of carbonyl (C=O) groups is 1. The fraction of sp³-hybridized carbons (Fsp3) is 0.462. The van der Waals surface area contributed by atoms with Gasteiger partial charge in [-0.1, -0.05) is 6.07 Å². The Kier molecular flexibility index (Phi) is 3.45. The van der Waals surface area contributed by atoms with Crippen molar-refractivity contribution in [2.75, 3.05) is 6.61 Å². The highest BCUT2D eigenvalue weighted by Crippen LogP contribution is 2.30. The summed E-state index contributed by atoms with van der Waals surface area (Å²) in [5.74, 6) is -0.103. The van der Waals surface area contributed by atoms with Crippen molar-refractivity contribution in [2.45, 2.75) is 32.2 Å². The molecule has 0 radical (unpaired) electrons. The van der Waals surface area contributed by atoms with E-state index in [2.05, 4.69) is 19.6 Å². The maximum absolute atomic E-state index is 11.1. The number of benzene rings is 1. The number of hydrogen-bond acceptors (Lipinski definition) is 3. The van der Waals surface area contributed by atoms with Gasteiger partial charge in [-0.3, -0.25) is 0 Å². The van der Waals surface area contributed by atoms with Crippen molar-refractivity contribution in [2.24, 2.45) is 0 Å². The quantitative estimate of drug-likeness (QED) is 0.854. The van der Waals surface area contributed by atoms with Crippen LogP contribution in [0, 0.1) is 0 Å². The van der Waals surface area contributed by atoms with Gasteiger partial charge >= 0.3 is 5.97 Å². The fourth-order valence-corrected chi connectivity index (χ4v) is 2.89. The highest BCUT2D eigenvalue weighted by molar-refractivity contribution is 6.70. The average molecular weight is 266 g/mol. The van der Waals surface area contributed by atoms with Gasteiger partial charge in [0.15, 0.2) is 6.10 Å². The molecule has 5 heteroatoms. The standard InChI is InChI=1S/C13H18O4Si/c1-18(2,3)17-10-4-5-11-9(8-10)6-7-16-12(11)13(14)15/h4-5,8,12H,6-7H2,1-3H3,(H,14,15). The summed E-state index contributed by atoms with van der Waals surface area (Å²) in [5.41, 5.74) is 1.76. The maximum Gasteiger partial charge on any atom is 0.337 e. The molecule has 0 amide bonds. The van der Waals surface area contributed by atoms with E-state index in [1.54, 1.807) is 0 Å². The zero-order valence-corrected chi connectivity index (χ0v) is 11.9. The van der Waals surface area contributed by atoms with Crippen molar-refractivity contribution >= 4 is 14.3 Å². The van der Waals surface area contributed by atoms with Gasteiger partial charge in [0.2, 0.25) is 8.32 Å². The second-order valence-corrected chi connectivity index (χ2v) is 9.84. The van der Waals surface area contributed by atoms with Crippen LogP contribution >= 0.6 is 0 Å². The van der Waals surface area contributed by atoms with Crippen LogP contribution in [0.4, 0.5) is 0 Å². The van der Waals surface area contributed by atoms with Gasteiger partial charge in [-0.25, -0.2) is 4.79 Å². The second kappa shape index (κ2) is 4.74. The van der Waals surface area contributed by atoms with Gasteiger partial charge < -0.3 is 14.3 Å². The van der Waals surface area contributed by atoms with Crippen molar-refractivity contribution in [3.05, 3.63) is 29.3 Å². The Morgan fingerprint density at radius 2 is 2.17 bits per heavy atom. The molecule has 0 fully saturated rings. The summed E-state index contributed by atoms with van der Waals surface area (Å²) in [7, 11) is -1.63. The van der Waals surface area contributed by atoms with E-state index >= 15 is 0 Å². The third-order valence-corrected chi connectivity index (χ3v) is 3.55. The number of carboxylic acid groups (broad SMARTS) is 1. The molecule has 0 bridgehead atoms. The van der Waals surface area contributed by atoms with Crippen molar-refractivity contribution in [3.8, 4) is 5.75 Å². The van der Waals surface area contributed by atoms with E-state index in [0.29, 0.717) is 6.61 Å². The van der Waals surface area contributed by atoms with Gasteiger partial charge in [0, 0.05) is 0 Å².